The van der Waals surface area contributed by atoms with Gasteiger partial charge in [-0.15, -0.1) is 0 Å². The van der Waals surface area contributed by atoms with Gasteiger partial charge in [0.05, 0.1) is 6.61 Å². The standard InChI is InChI=1S/C21H22N2O3/c1-3-5-6-7-20(24)22-17-10-8-16(9-11-17)21(25)23-18-12-14-19(15-13-18)26-4-2/h3,5-15H,4H2,1-2H3,(H,22,24)(H,23,25)/b5-3+,7-6+. The van der Waals surface area contributed by atoms with E-state index in [4.69, 9.17) is 4.74 Å². The molecule has 2 aromatic carbocycles. The highest BCUT2D eigenvalue weighted by Gasteiger charge is 2.07. The fourth-order valence-electron chi connectivity index (χ4n) is 2.15. The third-order valence-electron chi connectivity index (χ3n) is 3.39. The molecule has 134 valence electrons. The molecule has 26 heavy (non-hydrogen) atoms. The fraction of sp³-hybridized carbons (Fsp3) is 0.143. The van der Waals surface area contributed by atoms with Gasteiger partial charge >= 0.3 is 0 Å². The number of anilines is 2. The molecule has 0 aromatic heterocycles. The smallest absolute Gasteiger partial charge is 0.255 e. The van der Waals surface area contributed by atoms with E-state index in [1.54, 1.807) is 60.7 Å². The molecule has 0 bridgehead atoms. The van der Waals surface area contributed by atoms with Crippen LogP contribution in [-0.4, -0.2) is 18.4 Å². The Bertz CT molecular complexity index is 791. The fourth-order valence-corrected chi connectivity index (χ4v) is 2.15. The van der Waals surface area contributed by atoms with Crippen molar-refractivity contribution in [3.63, 3.8) is 0 Å². The molecule has 0 saturated heterocycles. The van der Waals surface area contributed by atoms with Crippen molar-refractivity contribution >= 4 is 23.2 Å². The molecule has 2 aromatic rings. The first-order chi connectivity index (χ1) is 12.6. The van der Waals surface area contributed by atoms with Gasteiger partial charge < -0.3 is 15.4 Å². The molecule has 0 spiro atoms. The van der Waals surface area contributed by atoms with Crippen molar-refractivity contribution in [2.24, 2.45) is 0 Å². The summed E-state index contributed by atoms with van der Waals surface area (Å²) in [4.78, 5) is 24.0. The Morgan fingerprint density at radius 2 is 1.54 bits per heavy atom. The monoisotopic (exact) mass is 350 g/mol. The molecule has 0 aliphatic carbocycles. The first-order valence-electron chi connectivity index (χ1n) is 8.37. The van der Waals surface area contributed by atoms with Gasteiger partial charge in [-0.2, -0.15) is 0 Å². The Morgan fingerprint density at radius 1 is 0.923 bits per heavy atom. The van der Waals surface area contributed by atoms with Crippen LogP contribution in [0.15, 0.2) is 72.8 Å². The molecule has 0 unspecified atom stereocenters. The van der Waals surface area contributed by atoms with Crippen molar-refractivity contribution in [1.29, 1.82) is 0 Å². The quantitative estimate of drug-likeness (QED) is 0.574. The summed E-state index contributed by atoms with van der Waals surface area (Å²) >= 11 is 0. The van der Waals surface area contributed by atoms with Crippen LogP contribution < -0.4 is 15.4 Å². The molecule has 2 N–H and O–H groups in total. The Kier molecular flexibility index (Phi) is 7.18. The van der Waals surface area contributed by atoms with E-state index in [9.17, 15) is 9.59 Å². The first-order valence-corrected chi connectivity index (χ1v) is 8.37. The minimum atomic E-state index is -0.227. The van der Waals surface area contributed by atoms with E-state index in [1.165, 1.54) is 6.08 Å². The van der Waals surface area contributed by atoms with Crippen LogP contribution in [0.3, 0.4) is 0 Å². The third kappa shape index (κ3) is 5.94. The second kappa shape index (κ2) is 9.84. The summed E-state index contributed by atoms with van der Waals surface area (Å²) in [6.07, 6.45) is 6.70. The molecule has 0 radical (unpaired) electrons. The Balaban J connectivity index is 1.94. The lowest BCUT2D eigenvalue weighted by Gasteiger charge is -2.08. The number of hydrogen-bond donors (Lipinski definition) is 2. The third-order valence-corrected chi connectivity index (χ3v) is 3.39. The number of benzene rings is 2. The topological polar surface area (TPSA) is 67.4 Å². The van der Waals surface area contributed by atoms with E-state index >= 15 is 0 Å². The summed E-state index contributed by atoms with van der Waals surface area (Å²) in [5.41, 5.74) is 1.81. The zero-order valence-electron chi connectivity index (χ0n) is 14.9. The number of amides is 2. The molecule has 2 rings (SSSR count). The van der Waals surface area contributed by atoms with Crippen molar-refractivity contribution in [3.05, 3.63) is 78.4 Å². The van der Waals surface area contributed by atoms with Gasteiger partial charge in [0.15, 0.2) is 0 Å². The normalized spacial score (nSPS) is 10.8. The number of carbonyl (C=O) groups excluding carboxylic acids is 2. The van der Waals surface area contributed by atoms with Crippen molar-refractivity contribution in [1.82, 2.24) is 0 Å². The van der Waals surface area contributed by atoms with Crippen LogP contribution in [0, 0.1) is 0 Å². The van der Waals surface area contributed by atoms with Crippen LogP contribution in [0.2, 0.25) is 0 Å². The van der Waals surface area contributed by atoms with Gasteiger partial charge in [-0.1, -0.05) is 18.2 Å². The maximum Gasteiger partial charge on any atom is 0.255 e. The highest BCUT2D eigenvalue weighted by molar-refractivity contribution is 6.05. The van der Waals surface area contributed by atoms with Gasteiger partial charge in [-0.3, -0.25) is 9.59 Å². The average molecular weight is 350 g/mol. The number of carbonyl (C=O) groups is 2. The minimum absolute atomic E-state index is 0.222. The molecule has 0 fully saturated rings. The Morgan fingerprint density at radius 3 is 2.15 bits per heavy atom. The molecule has 0 atom stereocenters. The van der Waals surface area contributed by atoms with Gasteiger partial charge in [0.1, 0.15) is 5.75 Å². The zero-order chi connectivity index (χ0) is 18.8. The summed E-state index contributed by atoms with van der Waals surface area (Å²) in [7, 11) is 0. The predicted octanol–water partition coefficient (Wildman–Crippen LogP) is 4.41. The highest BCUT2D eigenvalue weighted by atomic mass is 16.5. The number of nitrogens with one attached hydrogen (secondary N) is 2. The van der Waals surface area contributed by atoms with Crippen LogP contribution in [0.1, 0.15) is 24.2 Å². The van der Waals surface area contributed by atoms with Crippen molar-refractivity contribution in [3.8, 4) is 5.75 Å². The predicted molar refractivity (Wildman–Crippen MR) is 105 cm³/mol. The average Bonchev–Trinajstić information content (AvgIpc) is 2.64. The van der Waals surface area contributed by atoms with E-state index in [0.717, 1.165) is 5.75 Å². The van der Waals surface area contributed by atoms with Gasteiger partial charge in [0.25, 0.3) is 5.91 Å². The second-order valence-electron chi connectivity index (χ2n) is 5.36. The van der Waals surface area contributed by atoms with Crippen LogP contribution in [0.5, 0.6) is 5.75 Å². The Hall–Kier alpha value is -3.34. The molecule has 2 amide bonds. The number of ether oxygens (including phenoxy) is 1. The summed E-state index contributed by atoms with van der Waals surface area (Å²) in [6, 6.07) is 13.9. The van der Waals surface area contributed by atoms with Crippen LogP contribution in [0.4, 0.5) is 11.4 Å². The maximum absolute atomic E-state index is 12.3. The van der Waals surface area contributed by atoms with Crippen LogP contribution >= 0.6 is 0 Å². The van der Waals surface area contributed by atoms with E-state index < -0.39 is 0 Å². The lowest BCUT2D eigenvalue weighted by Crippen LogP contribution is -2.12. The summed E-state index contributed by atoms with van der Waals surface area (Å²) in [5, 5.41) is 5.55. The largest absolute Gasteiger partial charge is 0.494 e. The maximum atomic E-state index is 12.3. The van der Waals surface area contributed by atoms with Gasteiger partial charge in [-0.05, 0) is 62.4 Å². The SMILES string of the molecule is C/C=C/C=C/C(=O)Nc1ccc(C(=O)Nc2ccc(OCC)cc2)cc1. The van der Waals surface area contributed by atoms with E-state index in [-0.39, 0.29) is 11.8 Å². The summed E-state index contributed by atoms with van der Waals surface area (Å²) < 4.78 is 5.37. The Labute approximate surface area is 153 Å². The van der Waals surface area contributed by atoms with E-state index in [1.807, 2.05) is 19.9 Å². The van der Waals surface area contributed by atoms with Gasteiger partial charge in [-0.25, -0.2) is 0 Å². The van der Waals surface area contributed by atoms with Gasteiger partial charge in [0, 0.05) is 23.0 Å². The number of allylic oxidation sites excluding steroid dienone is 3. The van der Waals surface area contributed by atoms with E-state index in [0.29, 0.717) is 23.5 Å². The molecule has 5 heteroatoms. The summed E-state index contributed by atoms with van der Waals surface area (Å²) in [6.45, 7) is 4.39. The number of rotatable bonds is 7. The van der Waals surface area contributed by atoms with Crippen LogP contribution in [-0.2, 0) is 4.79 Å². The molecule has 0 saturated carbocycles. The van der Waals surface area contributed by atoms with Crippen molar-refractivity contribution < 1.29 is 14.3 Å². The number of hydrogen-bond acceptors (Lipinski definition) is 3. The molecule has 5 nitrogen and oxygen atoms in total. The van der Waals surface area contributed by atoms with Crippen LogP contribution in [0.25, 0.3) is 0 Å². The molecule has 0 aliphatic rings. The highest BCUT2D eigenvalue weighted by Crippen LogP contribution is 2.17. The first kappa shape index (κ1) is 19.0. The van der Waals surface area contributed by atoms with Crippen molar-refractivity contribution in [2.45, 2.75) is 13.8 Å². The minimum Gasteiger partial charge on any atom is -0.494 e. The van der Waals surface area contributed by atoms with Gasteiger partial charge in [0.2, 0.25) is 5.91 Å². The molecule has 0 aliphatic heterocycles. The lowest BCUT2D eigenvalue weighted by atomic mass is 10.2. The summed E-state index contributed by atoms with van der Waals surface area (Å²) in [5.74, 6) is 0.309. The molecule has 0 heterocycles. The molecular weight excluding hydrogens is 328 g/mol. The van der Waals surface area contributed by atoms with Crippen molar-refractivity contribution in [2.75, 3.05) is 17.2 Å². The van der Waals surface area contributed by atoms with E-state index in [2.05, 4.69) is 10.6 Å². The zero-order valence-corrected chi connectivity index (χ0v) is 14.9. The lowest BCUT2D eigenvalue weighted by molar-refractivity contribution is -0.111. The second-order valence-corrected chi connectivity index (χ2v) is 5.36. The molecular formula is C21H22N2O3.